The highest BCUT2D eigenvalue weighted by atomic mass is 35.5. The number of fused-ring (bicyclic) bond motifs is 1. The molecule has 0 saturated heterocycles. The molecule has 0 amide bonds. The van der Waals surface area contributed by atoms with Crippen molar-refractivity contribution in [1.82, 2.24) is 9.78 Å². The third-order valence-electron chi connectivity index (χ3n) is 1.94. The van der Waals surface area contributed by atoms with Gasteiger partial charge in [0.25, 0.3) is 5.56 Å². The number of halogens is 1. The lowest BCUT2D eigenvalue weighted by Gasteiger charge is -2.02. The van der Waals surface area contributed by atoms with Gasteiger partial charge in [-0.25, -0.2) is 4.68 Å². The molecule has 0 radical (unpaired) electrons. The van der Waals surface area contributed by atoms with Gasteiger partial charge in [0.05, 0.1) is 0 Å². The molecule has 1 aromatic rings. The molecule has 4 heteroatoms. The van der Waals surface area contributed by atoms with Crippen LogP contribution in [0.4, 0.5) is 0 Å². The Morgan fingerprint density at radius 3 is 3.17 bits per heavy atom. The van der Waals surface area contributed by atoms with Crippen molar-refractivity contribution in [1.29, 1.82) is 0 Å². The standard InChI is InChI=1S/C8H7ClN2O/c1-11-8(12)6-4-2-3-5(6)7(9)10-11/h2-3H,4H2,1H3. The predicted octanol–water partition coefficient (Wildman–Crippen LogP) is 1.00. The van der Waals surface area contributed by atoms with Gasteiger partial charge in [0.2, 0.25) is 0 Å². The van der Waals surface area contributed by atoms with Crippen molar-refractivity contribution in [2.24, 2.45) is 7.05 Å². The van der Waals surface area contributed by atoms with Crippen LogP contribution >= 0.6 is 11.6 Å². The summed E-state index contributed by atoms with van der Waals surface area (Å²) < 4.78 is 1.27. The Morgan fingerprint density at radius 1 is 1.67 bits per heavy atom. The molecule has 3 nitrogen and oxygen atoms in total. The van der Waals surface area contributed by atoms with Gasteiger partial charge in [-0.3, -0.25) is 4.79 Å². The maximum Gasteiger partial charge on any atom is 0.270 e. The molecular formula is C8H7ClN2O. The van der Waals surface area contributed by atoms with Crippen LogP contribution in [0.25, 0.3) is 6.08 Å². The zero-order valence-corrected chi connectivity index (χ0v) is 7.30. The number of allylic oxidation sites excluding steroid dienone is 1. The van der Waals surface area contributed by atoms with Crippen molar-refractivity contribution in [3.05, 3.63) is 32.7 Å². The highest BCUT2D eigenvalue weighted by molar-refractivity contribution is 6.31. The van der Waals surface area contributed by atoms with E-state index in [1.165, 1.54) is 4.68 Å². The summed E-state index contributed by atoms with van der Waals surface area (Å²) in [6, 6.07) is 0. The van der Waals surface area contributed by atoms with Crippen molar-refractivity contribution in [3.8, 4) is 0 Å². The highest BCUT2D eigenvalue weighted by Gasteiger charge is 2.14. The summed E-state index contributed by atoms with van der Waals surface area (Å²) in [7, 11) is 1.60. The van der Waals surface area contributed by atoms with Crippen LogP contribution in [-0.2, 0) is 13.5 Å². The Bertz CT molecular complexity index is 420. The van der Waals surface area contributed by atoms with E-state index in [1.807, 2.05) is 12.2 Å². The van der Waals surface area contributed by atoms with Gasteiger partial charge < -0.3 is 0 Å². The van der Waals surface area contributed by atoms with Crippen molar-refractivity contribution in [2.75, 3.05) is 0 Å². The van der Waals surface area contributed by atoms with Crippen LogP contribution in [0.1, 0.15) is 11.1 Å². The Morgan fingerprint density at radius 2 is 2.42 bits per heavy atom. The second kappa shape index (κ2) is 2.45. The monoisotopic (exact) mass is 182 g/mol. The molecule has 0 fully saturated rings. The van der Waals surface area contributed by atoms with E-state index in [0.29, 0.717) is 11.6 Å². The Kier molecular flexibility index (Phi) is 1.54. The van der Waals surface area contributed by atoms with Crippen LogP contribution in [0.3, 0.4) is 0 Å². The molecule has 1 heterocycles. The molecule has 0 aliphatic heterocycles. The summed E-state index contributed by atoms with van der Waals surface area (Å²) in [5.41, 5.74) is 1.47. The van der Waals surface area contributed by atoms with Crippen molar-refractivity contribution < 1.29 is 0 Å². The molecule has 2 rings (SSSR count). The molecule has 1 aliphatic carbocycles. The van der Waals surface area contributed by atoms with Gasteiger partial charge in [-0.05, 0) is 6.42 Å². The number of hydrogen-bond donors (Lipinski definition) is 0. The van der Waals surface area contributed by atoms with E-state index in [0.717, 1.165) is 11.1 Å². The fourth-order valence-electron chi connectivity index (χ4n) is 1.33. The quantitative estimate of drug-likeness (QED) is 0.600. The van der Waals surface area contributed by atoms with Crippen molar-refractivity contribution in [2.45, 2.75) is 6.42 Å². The van der Waals surface area contributed by atoms with E-state index < -0.39 is 0 Å². The zero-order valence-electron chi connectivity index (χ0n) is 6.54. The first-order valence-electron chi connectivity index (χ1n) is 3.62. The molecule has 12 heavy (non-hydrogen) atoms. The van der Waals surface area contributed by atoms with Gasteiger partial charge in [0.15, 0.2) is 5.15 Å². The first-order valence-corrected chi connectivity index (χ1v) is 4.00. The molecule has 0 atom stereocenters. The van der Waals surface area contributed by atoms with Crippen LogP contribution in [0.5, 0.6) is 0 Å². The largest absolute Gasteiger partial charge is 0.270 e. The lowest BCUT2D eigenvalue weighted by atomic mass is 10.2. The Labute approximate surface area is 74.3 Å². The summed E-state index contributed by atoms with van der Waals surface area (Å²) in [6.45, 7) is 0. The third-order valence-corrected chi connectivity index (χ3v) is 2.22. The number of hydrogen-bond acceptors (Lipinski definition) is 2. The summed E-state index contributed by atoms with van der Waals surface area (Å²) in [4.78, 5) is 11.4. The zero-order chi connectivity index (χ0) is 8.72. The van der Waals surface area contributed by atoms with Crippen LogP contribution in [0.15, 0.2) is 10.9 Å². The number of aryl methyl sites for hydroxylation is 1. The number of nitrogens with zero attached hydrogens (tertiary/aromatic N) is 2. The van der Waals surface area contributed by atoms with E-state index in [2.05, 4.69) is 5.10 Å². The second-order valence-electron chi connectivity index (χ2n) is 2.72. The van der Waals surface area contributed by atoms with E-state index in [4.69, 9.17) is 11.6 Å². The van der Waals surface area contributed by atoms with Gasteiger partial charge in [0.1, 0.15) is 0 Å². The number of rotatable bonds is 0. The minimum atomic E-state index is -0.0561. The molecule has 0 N–H and O–H groups in total. The van der Waals surface area contributed by atoms with Gasteiger partial charge >= 0.3 is 0 Å². The second-order valence-corrected chi connectivity index (χ2v) is 3.08. The summed E-state index contributed by atoms with van der Waals surface area (Å²) in [5.74, 6) is 0. The van der Waals surface area contributed by atoms with Gasteiger partial charge in [-0.1, -0.05) is 23.8 Å². The normalized spacial score (nSPS) is 13.5. The van der Waals surface area contributed by atoms with Crippen molar-refractivity contribution >= 4 is 17.7 Å². The fourth-order valence-corrected chi connectivity index (χ4v) is 1.62. The molecule has 0 spiro atoms. The van der Waals surface area contributed by atoms with Gasteiger partial charge in [-0.15, -0.1) is 0 Å². The summed E-state index contributed by atoms with van der Waals surface area (Å²) in [6.07, 6.45) is 4.43. The SMILES string of the molecule is Cn1nc(Cl)c2c(c1=O)CC=C2. The Hall–Kier alpha value is -1.09. The van der Waals surface area contributed by atoms with E-state index in [9.17, 15) is 4.79 Å². The smallest absolute Gasteiger partial charge is 0.267 e. The molecular weight excluding hydrogens is 176 g/mol. The predicted molar refractivity (Wildman–Crippen MR) is 47.2 cm³/mol. The van der Waals surface area contributed by atoms with E-state index in [1.54, 1.807) is 7.05 Å². The topological polar surface area (TPSA) is 34.9 Å². The highest BCUT2D eigenvalue weighted by Crippen LogP contribution is 2.21. The fraction of sp³-hybridized carbons (Fsp3) is 0.250. The maximum absolute atomic E-state index is 11.4. The third kappa shape index (κ3) is 0.898. The van der Waals surface area contributed by atoms with Gasteiger partial charge in [-0.2, -0.15) is 5.10 Å². The molecule has 0 unspecified atom stereocenters. The molecule has 1 aromatic heterocycles. The molecule has 0 bridgehead atoms. The van der Waals surface area contributed by atoms with Crippen LogP contribution < -0.4 is 5.56 Å². The summed E-state index contributed by atoms with van der Waals surface area (Å²) in [5, 5.41) is 4.27. The van der Waals surface area contributed by atoms with Crippen LogP contribution in [0.2, 0.25) is 5.15 Å². The Balaban J connectivity index is 2.83. The van der Waals surface area contributed by atoms with Crippen LogP contribution in [0, 0.1) is 0 Å². The minimum Gasteiger partial charge on any atom is -0.267 e. The minimum absolute atomic E-state index is 0.0561. The first kappa shape index (κ1) is 7.55. The molecule has 0 aromatic carbocycles. The van der Waals surface area contributed by atoms with Crippen LogP contribution in [-0.4, -0.2) is 9.78 Å². The number of aromatic nitrogens is 2. The van der Waals surface area contributed by atoms with Crippen molar-refractivity contribution in [3.63, 3.8) is 0 Å². The molecule has 1 aliphatic rings. The average Bonchev–Trinajstić information content (AvgIpc) is 2.48. The molecule has 0 saturated carbocycles. The lowest BCUT2D eigenvalue weighted by Crippen LogP contribution is -2.23. The lowest BCUT2D eigenvalue weighted by molar-refractivity contribution is 0.698. The van der Waals surface area contributed by atoms with Gasteiger partial charge in [0, 0.05) is 18.2 Å². The summed E-state index contributed by atoms with van der Waals surface area (Å²) >= 11 is 5.82. The average molecular weight is 183 g/mol. The maximum atomic E-state index is 11.4. The molecule has 62 valence electrons. The first-order chi connectivity index (χ1) is 5.70. The van der Waals surface area contributed by atoms with E-state index in [-0.39, 0.29) is 5.56 Å². The van der Waals surface area contributed by atoms with E-state index >= 15 is 0 Å².